The first-order valence-corrected chi connectivity index (χ1v) is 19.3. The number of aliphatic hydroxyl groups is 2. The lowest BCUT2D eigenvalue weighted by molar-refractivity contribution is -0.150. The minimum absolute atomic E-state index is 0.105. The molecule has 0 aromatic rings. The van der Waals surface area contributed by atoms with E-state index in [1.54, 1.807) is 0 Å². The van der Waals surface area contributed by atoms with E-state index in [-0.39, 0.29) is 36.0 Å². The Kier molecular flexibility index (Phi) is 22.2. The molecule has 0 radical (unpaired) electrons. The van der Waals surface area contributed by atoms with E-state index in [2.05, 4.69) is 6.92 Å². The van der Waals surface area contributed by atoms with E-state index in [4.69, 9.17) is 14.2 Å². The Morgan fingerprint density at radius 3 is 1.91 bits per heavy atom. The molecule has 0 saturated carbocycles. The second kappa shape index (κ2) is 25.2. The summed E-state index contributed by atoms with van der Waals surface area (Å²) in [6, 6.07) is 0. The maximum Gasteiger partial charge on any atom is 0.334 e. The highest BCUT2D eigenvalue weighted by atomic mass is 16.6. The van der Waals surface area contributed by atoms with Gasteiger partial charge in [0.1, 0.15) is 18.0 Å². The molecule has 2 heterocycles. The highest BCUT2D eigenvalue weighted by Gasteiger charge is 2.35. The molecule has 0 bridgehead atoms. The lowest BCUT2D eigenvalue weighted by Gasteiger charge is -2.25. The molecule has 47 heavy (non-hydrogen) atoms. The molecule has 6 unspecified atom stereocenters. The molecule has 0 aromatic carbocycles. The van der Waals surface area contributed by atoms with Crippen molar-refractivity contribution in [3.05, 3.63) is 11.6 Å². The van der Waals surface area contributed by atoms with Crippen molar-refractivity contribution in [2.75, 3.05) is 0 Å². The van der Waals surface area contributed by atoms with E-state index in [1.165, 1.54) is 58.3 Å². The van der Waals surface area contributed by atoms with Crippen LogP contribution in [0.15, 0.2) is 11.6 Å². The fourth-order valence-corrected chi connectivity index (χ4v) is 6.97. The van der Waals surface area contributed by atoms with Crippen molar-refractivity contribution in [2.45, 2.75) is 218 Å². The van der Waals surface area contributed by atoms with E-state index in [9.17, 15) is 24.6 Å². The number of Topliss-reactive ketones (excluding diaryl/α,β-unsaturated/α-hetero) is 1. The van der Waals surface area contributed by atoms with Gasteiger partial charge in [0.25, 0.3) is 0 Å². The third-order valence-electron chi connectivity index (χ3n) is 9.76. The van der Waals surface area contributed by atoms with Gasteiger partial charge in [-0.2, -0.15) is 0 Å². The molecular weight excluding hydrogens is 596 g/mol. The Hall–Kier alpha value is -1.77. The van der Waals surface area contributed by atoms with Crippen LogP contribution in [0.3, 0.4) is 0 Å². The minimum Gasteiger partial charge on any atom is -0.462 e. The predicted octanol–water partition coefficient (Wildman–Crippen LogP) is 8.62. The van der Waals surface area contributed by atoms with Crippen LogP contribution in [-0.2, 0) is 28.6 Å². The molecule has 8 nitrogen and oxygen atoms in total. The summed E-state index contributed by atoms with van der Waals surface area (Å²) in [5.41, 5.74) is 0.795. The van der Waals surface area contributed by atoms with Gasteiger partial charge >= 0.3 is 11.9 Å². The summed E-state index contributed by atoms with van der Waals surface area (Å²) < 4.78 is 16.7. The van der Waals surface area contributed by atoms with Gasteiger partial charge in [-0.25, -0.2) is 4.79 Å². The van der Waals surface area contributed by atoms with Crippen LogP contribution in [0, 0.1) is 0 Å². The quantitative estimate of drug-likeness (QED) is 0.0603. The first kappa shape index (κ1) is 41.4. The van der Waals surface area contributed by atoms with Gasteiger partial charge in [-0.15, -0.1) is 0 Å². The second-order valence-corrected chi connectivity index (χ2v) is 14.2. The Morgan fingerprint density at radius 2 is 1.32 bits per heavy atom. The van der Waals surface area contributed by atoms with Crippen LogP contribution in [0.4, 0.5) is 0 Å². The van der Waals surface area contributed by atoms with Gasteiger partial charge in [0.15, 0.2) is 0 Å². The van der Waals surface area contributed by atoms with Crippen molar-refractivity contribution in [3.63, 3.8) is 0 Å². The molecule has 2 aliphatic heterocycles. The van der Waals surface area contributed by atoms with E-state index >= 15 is 0 Å². The zero-order chi connectivity index (χ0) is 34.3. The normalized spacial score (nSPS) is 21.3. The fraction of sp³-hybridized carbons (Fsp3) is 0.872. The lowest BCUT2D eigenvalue weighted by atomic mass is 9.98. The molecule has 1 saturated heterocycles. The van der Waals surface area contributed by atoms with Crippen molar-refractivity contribution in [1.82, 2.24) is 0 Å². The summed E-state index contributed by atoms with van der Waals surface area (Å²) >= 11 is 0. The second-order valence-electron chi connectivity index (χ2n) is 14.2. The van der Waals surface area contributed by atoms with Crippen LogP contribution < -0.4 is 0 Å². The molecule has 2 N–H and O–H groups in total. The molecule has 2 aliphatic rings. The number of ketones is 1. The van der Waals surface area contributed by atoms with Crippen LogP contribution >= 0.6 is 0 Å². The zero-order valence-electron chi connectivity index (χ0n) is 30.1. The average Bonchev–Trinajstić information content (AvgIpc) is 3.65. The number of carbonyl (C=O) groups is 3. The maximum atomic E-state index is 12.4. The van der Waals surface area contributed by atoms with E-state index < -0.39 is 18.3 Å². The fourth-order valence-electron chi connectivity index (χ4n) is 6.97. The summed E-state index contributed by atoms with van der Waals surface area (Å²) in [5, 5.41) is 21.6. The Balaban J connectivity index is 1.52. The first-order valence-electron chi connectivity index (χ1n) is 19.3. The number of ether oxygens (including phenoxy) is 3. The van der Waals surface area contributed by atoms with E-state index in [0.29, 0.717) is 32.1 Å². The summed E-state index contributed by atoms with van der Waals surface area (Å²) in [7, 11) is 0. The standard InChI is InChI=1S/C39H68O8/c1-4-5-6-7-8-9-10-11-15-18-25-35(42)37-26-27-38(47-37)36(43)29-34(46-31(3)40)24-20-19-23-33(41)22-17-14-12-13-16-21-32-28-30(2)45-39(32)44/h28,30,34-38,42-43H,4-27,29H2,1-3H3. The topological polar surface area (TPSA) is 119 Å². The van der Waals surface area contributed by atoms with Crippen molar-refractivity contribution < 1.29 is 38.8 Å². The van der Waals surface area contributed by atoms with Gasteiger partial charge in [0.05, 0.1) is 24.4 Å². The molecule has 0 amide bonds. The first-order chi connectivity index (χ1) is 22.7. The Bertz CT molecular complexity index is 901. The van der Waals surface area contributed by atoms with Crippen LogP contribution in [0.5, 0.6) is 0 Å². The number of rotatable bonds is 29. The monoisotopic (exact) mass is 664 g/mol. The van der Waals surface area contributed by atoms with Crippen LogP contribution in [0.1, 0.15) is 181 Å². The number of esters is 2. The summed E-state index contributed by atoms with van der Waals surface area (Å²) in [5.74, 6) is -0.283. The SMILES string of the molecule is CCCCCCCCCCCCC(O)C1CCC(C(O)CC(CCCCC(=O)CCCCCCCC2=CC(C)OC2=O)OC(C)=O)O1. The number of hydrogen-bond donors (Lipinski definition) is 2. The summed E-state index contributed by atoms with van der Waals surface area (Å²) in [4.78, 5) is 35.8. The maximum absolute atomic E-state index is 12.4. The molecular formula is C39H68O8. The number of carbonyl (C=O) groups excluding carboxylic acids is 3. The van der Waals surface area contributed by atoms with Gasteiger partial charge in [0, 0.05) is 31.8 Å². The summed E-state index contributed by atoms with van der Waals surface area (Å²) in [6.07, 6.45) is 23.5. The number of hydrogen-bond acceptors (Lipinski definition) is 8. The molecule has 0 spiro atoms. The number of unbranched alkanes of at least 4 members (excludes halogenated alkanes) is 14. The van der Waals surface area contributed by atoms with Gasteiger partial charge in [-0.05, 0) is 70.8 Å². The van der Waals surface area contributed by atoms with E-state index in [0.717, 1.165) is 82.6 Å². The number of cyclic esters (lactones) is 1. The zero-order valence-corrected chi connectivity index (χ0v) is 30.1. The van der Waals surface area contributed by atoms with Gasteiger partial charge < -0.3 is 24.4 Å². The molecule has 0 aromatic heterocycles. The molecule has 272 valence electrons. The van der Waals surface area contributed by atoms with Gasteiger partial charge in [0.2, 0.25) is 0 Å². The molecule has 1 fully saturated rings. The smallest absolute Gasteiger partial charge is 0.334 e. The summed E-state index contributed by atoms with van der Waals surface area (Å²) in [6.45, 7) is 5.50. The highest BCUT2D eigenvalue weighted by molar-refractivity contribution is 5.90. The van der Waals surface area contributed by atoms with Crippen LogP contribution in [0.25, 0.3) is 0 Å². The van der Waals surface area contributed by atoms with Crippen molar-refractivity contribution in [3.8, 4) is 0 Å². The Labute approximate surface area is 285 Å². The van der Waals surface area contributed by atoms with Crippen LogP contribution in [0.2, 0.25) is 0 Å². The third-order valence-corrected chi connectivity index (χ3v) is 9.76. The number of aliphatic hydroxyl groups excluding tert-OH is 2. The predicted molar refractivity (Wildman–Crippen MR) is 186 cm³/mol. The molecule has 6 atom stereocenters. The largest absolute Gasteiger partial charge is 0.462 e. The van der Waals surface area contributed by atoms with Crippen LogP contribution in [-0.4, -0.2) is 64.6 Å². The Morgan fingerprint density at radius 1 is 0.787 bits per heavy atom. The van der Waals surface area contributed by atoms with E-state index in [1.807, 2.05) is 13.0 Å². The lowest BCUT2D eigenvalue weighted by Crippen LogP contribution is -2.34. The average molecular weight is 665 g/mol. The van der Waals surface area contributed by atoms with Gasteiger partial charge in [-0.1, -0.05) is 90.4 Å². The molecule has 0 aliphatic carbocycles. The van der Waals surface area contributed by atoms with Crippen molar-refractivity contribution in [2.24, 2.45) is 0 Å². The molecule has 8 heteroatoms. The minimum atomic E-state index is -0.761. The van der Waals surface area contributed by atoms with Crippen molar-refractivity contribution in [1.29, 1.82) is 0 Å². The molecule has 2 rings (SSSR count). The van der Waals surface area contributed by atoms with Crippen molar-refractivity contribution >= 4 is 17.7 Å². The highest BCUT2D eigenvalue weighted by Crippen LogP contribution is 2.29. The third kappa shape index (κ3) is 19.1. The van der Waals surface area contributed by atoms with Gasteiger partial charge in [-0.3, -0.25) is 9.59 Å².